The molecule has 0 aliphatic carbocycles. The van der Waals surface area contributed by atoms with Gasteiger partial charge in [0.1, 0.15) is 6.61 Å². The van der Waals surface area contributed by atoms with Crippen molar-refractivity contribution in [3.63, 3.8) is 0 Å². The summed E-state index contributed by atoms with van der Waals surface area (Å²) in [6.07, 6.45) is 104. The lowest BCUT2D eigenvalue weighted by atomic mass is 10.0. The van der Waals surface area contributed by atoms with E-state index in [-0.39, 0.29) is 38.6 Å². The fourth-order valence-corrected chi connectivity index (χ4v) is 12.5. The highest BCUT2D eigenvalue weighted by Gasteiger charge is 2.26. The number of phosphoric ester groups is 1. The number of carbonyl (C=O) groups is 2. The van der Waals surface area contributed by atoms with E-state index in [2.05, 4.69) is 98.9 Å². The summed E-state index contributed by atoms with van der Waals surface area (Å²) in [7, 11) is -4.40. The van der Waals surface area contributed by atoms with Crippen molar-refractivity contribution in [2.45, 2.75) is 399 Å². The molecule has 2 unspecified atom stereocenters. The number of phosphoric acid groups is 1. The fraction of sp³-hybridized carbons (Fsp3) is 0.805. The lowest BCUT2D eigenvalue weighted by Gasteiger charge is -2.19. The molecule has 0 aliphatic rings. The molecule has 0 aliphatic heterocycles. The molecule has 0 saturated heterocycles. The monoisotopic (exact) mass is 1310 g/mol. The van der Waals surface area contributed by atoms with Crippen LogP contribution in [0.2, 0.25) is 0 Å². The molecule has 0 aromatic heterocycles. The molecule has 0 bridgehead atoms. The van der Waals surface area contributed by atoms with E-state index in [0.29, 0.717) is 6.42 Å². The van der Waals surface area contributed by atoms with Crippen molar-refractivity contribution < 1.29 is 37.6 Å². The zero-order valence-electron chi connectivity index (χ0n) is 60.5. The van der Waals surface area contributed by atoms with Gasteiger partial charge in [0, 0.05) is 19.4 Å². The van der Waals surface area contributed by atoms with Crippen molar-refractivity contribution in [2.24, 2.45) is 5.73 Å². The van der Waals surface area contributed by atoms with E-state index in [4.69, 9.17) is 24.3 Å². The Bertz CT molecular complexity index is 1790. The van der Waals surface area contributed by atoms with Crippen LogP contribution in [0.3, 0.4) is 0 Å². The quantitative estimate of drug-likeness (QED) is 0.0264. The maximum Gasteiger partial charge on any atom is 0.472 e. The van der Waals surface area contributed by atoms with Gasteiger partial charge >= 0.3 is 19.8 Å². The first kappa shape index (κ1) is 89.2. The second-order valence-electron chi connectivity index (χ2n) is 26.6. The average molecular weight is 1310 g/mol. The summed E-state index contributed by atoms with van der Waals surface area (Å²) in [5.74, 6) is -0.822. The minimum Gasteiger partial charge on any atom is -0.462 e. The SMILES string of the molecule is CC/C=C\C/C=C\C/C=C\C/C=C\C/C=C\C/C=C\C/C=C\CCCCCCCCCCCC(=O)OC(COC(=O)CCCCCCCCCCCCCCCCCCCCCCCCCCCCCCCCCCCCCCCCCC)COP(=O)(O)OCCN. The third-order valence-corrected chi connectivity index (χ3v) is 18.5. The molecule has 2 atom stereocenters. The third kappa shape index (κ3) is 76.2. The molecule has 0 aromatic rings. The molecule has 0 saturated carbocycles. The van der Waals surface area contributed by atoms with Crippen LogP contribution in [-0.2, 0) is 32.7 Å². The second kappa shape index (κ2) is 77.2. The lowest BCUT2D eigenvalue weighted by molar-refractivity contribution is -0.161. The number of allylic oxidation sites excluding steroid dienone is 14. The van der Waals surface area contributed by atoms with Gasteiger partial charge in [0.25, 0.3) is 0 Å². The Morgan fingerprint density at radius 1 is 0.337 bits per heavy atom. The van der Waals surface area contributed by atoms with Crippen molar-refractivity contribution in [1.29, 1.82) is 0 Å². The van der Waals surface area contributed by atoms with Gasteiger partial charge in [0.15, 0.2) is 6.10 Å². The molecule has 3 N–H and O–H groups in total. The number of esters is 2. The minimum absolute atomic E-state index is 0.0505. The summed E-state index contributed by atoms with van der Waals surface area (Å²) < 4.78 is 33.2. The fourth-order valence-electron chi connectivity index (χ4n) is 11.7. The maximum absolute atomic E-state index is 12.8. The zero-order chi connectivity index (χ0) is 66.5. The molecule has 0 rings (SSSR count). The first-order valence-corrected chi connectivity index (χ1v) is 41.1. The average Bonchev–Trinajstić information content (AvgIpc) is 3.54. The number of unbranched alkanes of at least 4 members (excludes halogenated alkanes) is 48. The number of hydrogen-bond donors (Lipinski definition) is 2. The normalized spacial score (nSPS) is 13.3. The molecular weight excluding hydrogens is 1160 g/mol. The number of nitrogens with two attached hydrogens (primary N) is 1. The molecule has 9 nitrogen and oxygen atoms in total. The number of carbonyl (C=O) groups excluding carboxylic acids is 2. The second-order valence-corrected chi connectivity index (χ2v) is 28.0. The van der Waals surface area contributed by atoms with Crippen LogP contribution >= 0.6 is 7.82 Å². The Morgan fingerprint density at radius 2 is 0.598 bits per heavy atom. The van der Waals surface area contributed by atoms with E-state index >= 15 is 0 Å². The summed E-state index contributed by atoms with van der Waals surface area (Å²) >= 11 is 0. The van der Waals surface area contributed by atoms with E-state index in [0.717, 1.165) is 89.9 Å². The van der Waals surface area contributed by atoms with Crippen molar-refractivity contribution in [3.05, 3.63) is 85.1 Å². The van der Waals surface area contributed by atoms with Gasteiger partial charge in [0.05, 0.1) is 13.2 Å². The molecule has 0 spiro atoms. The summed E-state index contributed by atoms with van der Waals surface area (Å²) in [6, 6.07) is 0. The van der Waals surface area contributed by atoms with Crippen LogP contribution in [0.15, 0.2) is 85.1 Å². The summed E-state index contributed by atoms with van der Waals surface area (Å²) in [6.45, 7) is 3.68. The van der Waals surface area contributed by atoms with E-state index in [1.54, 1.807) is 0 Å². The van der Waals surface area contributed by atoms with Crippen LogP contribution < -0.4 is 5.73 Å². The van der Waals surface area contributed by atoms with Crippen molar-refractivity contribution in [1.82, 2.24) is 0 Å². The molecule has 536 valence electrons. The van der Waals surface area contributed by atoms with E-state index < -0.39 is 26.5 Å². The number of ether oxygens (including phenoxy) is 2. The Balaban J connectivity index is 3.79. The minimum atomic E-state index is -4.40. The van der Waals surface area contributed by atoms with Crippen LogP contribution in [0.1, 0.15) is 393 Å². The van der Waals surface area contributed by atoms with E-state index in [1.807, 2.05) is 0 Å². The van der Waals surface area contributed by atoms with Gasteiger partial charge < -0.3 is 20.1 Å². The third-order valence-electron chi connectivity index (χ3n) is 17.5. The van der Waals surface area contributed by atoms with Crippen molar-refractivity contribution in [2.75, 3.05) is 26.4 Å². The molecule has 0 radical (unpaired) electrons. The van der Waals surface area contributed by atoms with Crippen LogP contribution in [0.25, 0.3) is 0 Å². The smallest absolute Gasteiger partial charge is 0.462 e. The van der Waals surface area contributed by atoms with Crippen LogP contribution in [0, 0.1) is 0 Å². The van der Waals surface area contributed by atoms with Gasteiger partial charge in [0.2, 0.25) is 0 Å². The van der Waals surface area contributed by atoms with Gasteiger partial charge in [-0.3, -0.25) is 18.6 Å². The summed E-state index contributed by atoms with van der Waals surface area (Å²) in [5, 5.41) is 0. The highest BCUT2D eigenvalue weighted by Crippen LogP contribution is 2.43. The Kier molecular flexibility index (Phi) is 74.8. The van der Waals surface area contributed by atoms with Crippen LogP contribution in [0.5, 0.6) is 0 Å². The first-order chi connectivity index (χ1) is 45.3. The van der Waals surface area contributed by atoms with E-state index in [9.17, 15) is 19.0 Å². The van der Waals surface area contributed by atoms with Crippen molar-refractivity contribution >= 4 is 19.8 Å². The van der Waals surface area contributed by atoms with Crippen LogP contribution in [0.4, 0.5) is 0 Å². The maximum atomic E-state index is 12.8. The molecular formula is C82H150NO8P. The Morgan fingerprint density at radius 3 is 0.891 bits per heavy atom. The van der Waals surface area contributed by atoms with Gasteiger partial charge in [-0.2, -0.15) is 0 Å². The topological polar surface area (TPSA) is 134 Å². The summed E-state index contributed by atoms with van der Waals surface area (Å²) in [4.78, 5) is 35.4. The highest BCUT2D eigenvalue weighted by molar-refractivity contribution is 7.47. The highest BCUT2D eigenvalue weighted by atomic mass is 31.2. The lowest BCUT2D eigenvalue weighted by Crippen LogP contribution is -2.29. The van der Waals surface area contributed by atoms with Gasteiger partial charge in [-0.1, -0.05) is 394 Å². The van der Waals surface area contributed by atoms with E-state index in [1.165, 1.54) is 270 Å². The van der Waals surface area contributed by atoms with Gasteiger partial charge in [-0.05, 0) is 70.6 Å². The van der Waals surface area contributed by atoms with Crippen LogP contribution in [-0.4, -0.2) is 49.3 Å². The predicted octanol–water partition coefficient (Wildman–Crippen LogP) is 26.5. The predicted molar refractivity (Wildman–Crippen MR) is 399 cm³/mol. The Labute approximate surface area is 570 Å². The molecule has 0 heterocycles. The number of rotatable bonds is 75. The molecule has 0 amide bonds. The molecule has 0 aromatic carbocycles. The molecule has 10 heteroatoms. The van der Waals surface area contributed by atoms with Gasteiger partial charge in [-0.25, -0.2) is 4.57 Å². The number of hydrogen-bond acceptors (Lipinski definition) is 8. The standard InChI is InChI=1S/C82H150NO8P/c1-3-5-7-9-11-13-15-17-19-21-23-25-27-29-31-33-35-36-37-38-39-40-41-42-43-45-46-48-50-52-54-56-58-60-62-64-66-68-70-72-74-81(84)88-78-80(79-90-92(86,87)89-77-76-83)91-82(85)75-73-71-69-67-65-63-61-59-57-55-53-51-49-47-44-34-32-30-28-26-24-22-20-18-16-14-12-10-8-6-4-2/h6,8,12,14,18,20,24,26,30,32,44,47,51,53,80H,3-5,7,9-11,13,15-17,19,21-23,25,27-29,31,33-43,45-46,48-50,52,54-79,83H2,1-2H3,(H,86,87)/b8-6-,14-12-,20-18-,26-24-,32-30-,47-44-,53-51-. The summed E-state index contributed by atoms with van der Waals surface area (Å²) in [5.41, 5.74) is 5.41. The molecule has 0 fully saturated rings. The molecule has 92 heavy (non-hydrogen) atoms. The van der Waals surface area contributed by atoms with Gasteiger partial charge in [-0.15, -0.1) is 0 Å². The largest absolute Gasteiger partial charge is 0.472 e. The van der Waals surface area contributed by atoms with Crippen molar-refractivity contribution in [3.8, 4) is 0 Å². The zero-order valence-corrected chi connectivity index (χ0v) is 61.4. The Hall–Kier alpha value is -2.81. The first-order valence-electron chi connectivity index (χ1n) is 39.6.